The summed E-state index contributed by atoms with van der Waals surface area (Å²) in [6, 6.07) is 2.86. The number of thiophene rings is 1. The lowest BCUT2D eigenvalue weighted by atomic mass is 9.63. The van der Waals surface area contributed by atoms with Crippen molar-refractivity contribution in [2.45, 2.75) is 102 Å². The molecule has 1 saturated heterocycles. The third-order valence-corrected chi connectivity index (χ3v) is 13.5. The summed E-state index contributed by atoms with van der Waals surface area (Å²) in [7, 11) is 5.71. The summed E-state index contributed by atoms with van der Waals surface area (Å²) in [6.07, 6.45) is 10.4. The Bertz CT molecular complexity index is 2300. The van der Waals surface area contributed by atoms with Crippen LogP contribution in [-0.4, -0.2) is 90.7 Å². The zero-order valence-corrected chi connectivity index (χ0v) is 32.0. The molecule has 276 valence electrons. The van der Waals surface area contributed by atoms with E-state index in [1.807, 2.05) is 17.8 Å². The van der Waals surface area contributed by atoms with E-state index in [9.17, 15) is 10.1 Å². The first-order valence-electron chi connectivity index (χ1n) is 18.9. The van der Waals surface area contributed by atoms with Gasteiger partial charge in [0.2, 0.25) is 0 Å². The Morgan fingerprint density at radius 2 is 1.96 bits per heavy atom. The van der Waals surface area contributed by atoms with E-state index in [4.69, 9.17) is 35.6 Å². The fourth-order valence-electron chi connectivity index (χ4n) is 9.72. The highest BCUT2D eigenvalue weighted by molar-refractivity contribution is 7.16. The zero-order valence-electron chi connectivity index (χ0n) is 31.1. The summed E-state index contributed by atoms with van der Waals surface area (Å²) in [6.45, 7) is 7.28. The number of likely N-dealkylation sites (N-methyl/N-ethyl adjacent to an activating group) is 1. The first-order chi connectivity index (χ1) is 25.6. The van der Waals surface area contributed by atoms with Crippen LogP contribution in [0.4, 0.5) is 10.8 Å². The first-order valence-corrected chi connectivity index (χ1v) is 19.7. The summed E-state index contributed by atoms with van der Waals surface area (Å²) in [5.74, 6) is 2.04. The molecule has 2 aliphatic heterocycles. The average Bonchev–Trinajstić information content (AvgIpc) is 3.97. The number of hydrogen-bond acceptors (Lipinski definition) is 12. The van der Waals surface area contributed by atoms with Gasteiger partial charge >= 0.3 is 0 Å². The number of nitrogen functional groups attached to an aromatic ring is 1. The van der Waals surface area contributed by atoms with E-state index in [0.717, 1.165) is 116 Å². The summed E-state index contributed by atoms with van der Waals surface area (Å²) in [4.78, 5) is 31.2. The van der Waals surface area contributed by atoms with Gasteiger partial charge in [-0.25, -0.2) is 14.6 Å². The maximum absolute atomic E-state index is 13.1. The van der Waals surface area contributed by atoms with Gasteiger partial charge in [0, 0.05) is 49.2 Å². The number of nitrogens with zero attached hydrogens (tertiary/aromatic N) is 11. The summed E-state index contributed by atoms with van der Waals surface area (Å²) >= 11 is 1.55. The molecule has 3 atom stereocenters. The Labute approximate surface area is 312 Å². The number of fused-ring (bicyclic) bond motifs is 6. The highest BCUT2D eigenvalue weighted by Crippen LogP contribution is 2.55. The van der Waals surface area contributed by atoms with Crippen molar-refractivity contribution in [3.63, 3.8) is 0 Å². The maximum atomic E-state index is 13.1. The number of carbonyl (C=O) groups excluding carboxylic acids is 1. The predicted octanol–water partition coefficient (Wildman–Crippen LogP) is 5.23. The van der Waals surface area contributed by atoms with Crippen LogP contribution in [0.25, 0.3) is 22.6 Å². The molecule has 5 aromatic heterocycles. The van der Waals surface area contributed by atoms with Crippen molar-refractivity contribution in [2.24, 2.45) is 0 Å². The fraction of sp³-hybridized carbons (Fsp3) is 0.553. The number of likely N-dealkylation sites (tertiary alicyclic amines) is 1. The minimum absolute atomic E-state index is 0.0895. The van der Waals surface area contributed by atoms with Crippen molar-refractivity contribution in [2.75, 3.05) is 44.9 Å². The summed E-state index contributed by atoms with van der Waals surface area (Å²) in [5.41, 5.74) is 12.5. The van der Waals surface area contributed by atoms with Crippen molar-refractivity contribution >= 4 is 39.1 Å². The van der Waals surface area contributed by atoms with E-state index in [1.165, 1.54) is 4.88 Å². The molecule has 1 fully saturated rings. The molecule has 4 aliphatic rings. The number of aromatic nitrogens is 7. The van der Waals surface area contributed by atoms with Gasteiger partial charge in [-0.05, 0) is 90.8 Å². The molecule has 0 radical (unpaired) electrons. The summed E-state index contributed by atoms with van der Waals surface area (Å²) in [5, 5.41) is 26.3. The molecular weight excluding hydrogens is 689 g/mol. The third kappa shape index (κ3) is 5.12. The van der Waals surface area contributed by atoms with Gasteiger partial charge in [-0.1, -0.05) is 5.16 Å². The number of nitriles is 1. The highest BCUT2D eigenvalue weighted by atomic mass is 32.1. The number of aryl methyl sites for hydroxylation is 2. The molecule has 3 unspecified atom stereocenters. The quantitative estimate of drug-likeness (QED) is 0.252. The molecule has 2 aliphatic carbocycles. The predicted molar refractivity (Wildman–Crippen MR) is 202 cm³/mol. The molecule has 1 amide bonds. The van der Waals surface area contributed by atoms with Crippen LogP contribution in [0.1, 0.15) is 107 Å². The number of rotatable bonds is 5. The van der Waals surface area contributed by atoms with E-state index in [1.54, 1.807) is 30.3 Å². The molecule has 14 nitrogen and oxygen atoms in total. The van der Waals surface area contributed by atoms with E-state index in [-0.39, 0.29) is 11.9 Å². The normalized spacial score (nSPS) is 22.0. The fourth-order valence-corrected chi connectivity index (χ4v) is 10.9. The van der Waals surface area contributed by atoms with Crippen LogP contribution in [0.2, 0.25) is 0 Å². The minimum atomic E-state index is -0.440. The molecule has 9 rings (SSSR count). The standard InChI is InChI=1S/C38H46N12O2S/c1-21-27-20-48(16-9-17-49(27)44-30(21)37(51)46(3)4)35-25-19-41-50(22(2)26-11-8-15-47(26)5)36(25)43-34(42-35)31-23-10-6-13-38(32(23)52-45-31)14-7-12-28-29(38)24(18-39)33(40)53-28/h19,22,26H,6-17,20,40H2,1-5H3. The number of anilines is 2. The van der Waals surface area contributed by atoms with Crippen LogP contribution in [0.3, 0.4) is 0 Å². The summed E-state index contributed by atoms with van der Waals surface area (Å²) < 4.78 is 10.5. The van der Waals surface area contributed by atoms with Gasteiger partial charge in [-0.15, -0.1) is 11.3 Å². The minimum Gasteiger partial charge on any atom is -0.389 e. The van der Waals surface area contributed by atoms with Crippen LogP contribution in [0.15, 0.2) is 10.7 Å². The Hall–Kier alpha value is -4.81. The van der Waals surface area contributed by atoms with Crippen LogP contribution in [-0.2, 0) is 31.3 Å². The maximum Gasteiger partial charge on any atom is 0.274 e. The number of hydrogen-bond donors (Lipinski definition) is 1. The molecule has 7 heterocycles. The van der Waals surface area contributed by atoms with Crippen LogP contribution in [0.5, 0.6) is 0 Å². The Morgan fingerprint density at radius 3 is 2.72 bits per heavy atom. The van der Waals surface area contributed by atoms with Crippen molar-refractivity contribution in [1.82, 2.24) is 44.5 Å². The van der Waals surface area contributed by atoms with Crippen molar-refractivity contribution in [1.29, 1.82) is 5.26 Å². The van der Waals surface area contributed by atoms with Gasteiger partial charge in [-0.2, -0.15) is 15.5 Å². The third-order valence-electron chi connectivity index (χ3n) is 12.4. The number of nitrogens with two attached hydrogens (primary N) is 1. The second-order valence-corrected chi connectivity index (χ2v) is 16.8. The van der Waals surface area contributed by atoms with Crippen LogP contribution in [0, 0.1) is 18.3 Å². The van der Waals surface area contributed by atoms with Gasteiger partial charge < -0.3 is 25.0 Å². The smallest absolute Gasteiger partial charge is 0.274 e. The van der Waals surface area contributed by atoms with E-state index < -0.39 is 5.41 Å². The van der Waals surface area contributed by atoms with E-state index in [2.05, 4.69) is 34.5 Å². The second kappa shape index (κ2) is 12.7. The second-order valence-electron chi connectivity index (χ2n) is 15.6. The molecule has 0 saturated carbocycles. The Morgan fingerprint density at radius 1 is 1.15 bits per heavy atom. The molecule has 15 heteroatoms. The van der Waals surface area contributed by atoms with Crippen molar-refractivity contribution in [3.05, 3.63) is 50.5 Å². The molecule has 0 bridgehead atoms. The van der Waals surface area contributed by atoms with Gasteiger partial charge in [0.05, 0.1) is 40.8 Å². The van der Waals surface area contributed by atoms with Gasteiger partial charge in [0.1, 0.15) is 16.9 Å². The largest absolute Gasteiger partial charge is 0.389 e. The van der Waals surface area contributed by atoms with Gasteiger partial charge in [0.25, 0.3) is 5.91 Å². The number of amides is 1. The number of carbonyl (C=O) groups is 1. The molecule has 5 aromatic rings. The molecular formula is C38H46N12O2S. The molecule has 53 heavy (non-hydrogen) atoms. The van der Waals surface area contributed by atoms with Crippen LogP contribution >= 0.6 is 11.3 Å². The van der Waals surface area contributed by atoms with Crippen molar-refractivity contribution in [3.8, 4) is 17.6 Å². The molecule has 2 N–H and O–H groups in total. The highest BCUT2D eigenvalue weighted by Gasteiger charge is 2.49. The lowest BCUT2D eigenvalue weighted by molar-refractivity contribution is 0.0820. The van der Waals surface area contributed by atoms with Crippen LogP contribution < -0.4 is 10.6 Å². The average molecular weight is 735 g/mol. The Kier molecular flexibility index (Phi) is 8.12. The SMILES string of the molecule is Cc1c(C(=O)N(C)C)nn2c1CN(c1nc(-c3noc4c3CCCC43CCCc4sc(N)c(C#N)c43)nc3c1cnn3C(C)C1CCCN1C)CCC2. The lowest BCUT2D eigenvalue weighted by Crippen LogP contribution is -2.35. The van der Waals surface area contributed by atoms with Gasteiger partial charge in [-0.3, -0.25) is 9.48 Å². The van der Waals surface area contributed by atoms with E-state index >= 15 is 0 Å². The first kappa shape index (κ1) is 34.0. The zero-order chi connectivity index (χ0) is 36.8. The van der Waals surface area contributed by atoms with Gasteiger partial charge in [0.15, 0.2) is 28.6 Å². The van der Waals surface area contributed by atoms with Crippen molar-refractivity contribution < 1.29 is 9.32 Å². The molecule has 1 spiro atoms. The Balaban J connectivity index is 1.20. The topological polar surface area (TPSA) is 164 Å². The van der Waals surface area contributed by atoms with E-state index in [0.29, 0.717) is 46.9 Å². The monoisotopic (exact) mass is 734 g/mol. The molecule has 0 aromatic carbocycles. The lowest BCUT2D eigenvalue weighted by Gasteiger charge is -2.39.